The lowest BCUT2D eigenvalue weighted by Crippen LogP contribution is -2.41. The van der Waals surface area contributed by atoms with Crippen LogP contribution in [0.2, 0.25) is 0 Å². The van der Waals surface area contributed by atoms with E-state index in [4.69, 9.17) is 48.7 Å². The van der Waals surface area contributed by atoms with E-state index in [1.807, 2.05) is 4.98 Å². The van der Waals surface area contributed by atoms with Gasteiger partial charge in [-0.05, 0) is 0 Å². The van der Waals surface area contributed by atoms with Crippen LogP contribution in [0.3, 0.4) is 0 Å². The van der Waals surface area contributed by atoms with Crippen LogP contribution in [0.5, 0.6) is 0 Å². The Hall–Kier alpha value is -5.07. The van der Waals surface area contributed by atoms with Gasteiger partial charge in [0.1, 0.15) is 50.0 Å². The lowest BCUT2D eigenvalue weighted by molar-refractivity contribution is -0.646. The van der Waals surface area contributed by atoms with Gasteiger partial charge in [0.15, 0.2) is 23.9 Å². The number of aromatic nitrogens is 10. The van der Waals surface area contributed by atoms with Crippen molar-refractivity contribution in [3.8, 4) is 0 Å². The standard InChI is InChI=1S/C36H51N13O24P4/c1-45(2)20(51)8-15-16(69-32(23(15)52)49-14-46(3)22-30(49)43-35(38)44-31(22)54)9-67-75(58,59)72-77(62,63)73-76(60,61)68-11-18-27(26(65-5)34(71-18)48-13-41-21-28(37)39-12-40-29(21)48)74(56,57)66-10-17-24(53)25(64-4)33(70-17)47-7-6-19(50)42-36(47)55/h6-7,12-18,23-27,32-34,52-53H,8-11H2,1-5H3,(H9-,37,38,39,40,42,43,44,50,54,55,56,57,58,59,60,61,62,63)/t15-,16-,17-,18-,23-,24-,25-,26-,27-,32?,33-,34-/m1/s1. The van der Waals surface area contributed by atoms with E-state index in [0.29, 0.717) is 0 Å². The Morgan fingerprint density at radius 3 is 2.05 bits per heavy atom. The molecule has 1 amide bonds. The molecule has 5 aromatic heterocycles. The molecule has 3 fully saturated rings. The fourth-order valence-corrected chi connectivity index (χ4v) is 14.2. The van der Waals surface area contributed by atoms with Crippen LogP contribution in [0.4, 0.5) is 11.8 Å². The third-order valence-corrected chi connectivity index (χ3v) is 18.6. The lowest BCUT2D eigenvalue weighted by Gasteiger charge is -2.35. The molecule has 16 atom stereocenters. The van der Waals surface area contributed by atoms with Gasteiger partial charge in [-0.15, -0.1) is 0 Å². The molecular formula is C36H51N13O24P4. The zero-order valence-corrected chi connectivity index (χ0v) is 44.2. The Bertz CT molecular complexity index is 3410. The average molecular weight is 1170 g/mol. The van der Waals surface area contributed by atoms with Crippen molar-refractivity contribution < 1.29 is 103 Å². The maximum Gasteiger partial charge on any atom is 0.490 e. The molecule has 8 heterocycles. The predicted molar refractivity (Wildman–Crippen MR) is 250 cm³/mol. The normalized spacial score (nSPS) is 29.8. The number of nitrogens with two attached hydrogens (primary N) is 2. The van der Waals surface area contributed by atoms with Crippen molar-refractivity contribution in [3.63, 3.8) is 0 Å². The number of nitrogens with zero attached hydrogens (tertiary/aromatic N) is 9. The number of aromatic amines is 2. The molecule has 424 valence electrons. The van der Waals surface area contributed by atoms with Crippen molar-refractivity contribution in [2.45, 2.75) is 73.5 Å². The van der Waals surface area contributed by atoms with Gasteiger partial charge in [0.2, 0.25) is 24.4 Å². The van der Waals surface area contributed by atoms with Gasteiger partial charge in [0, 0.05) is 52.9 Å². The quantitative estimate of drug-likeness (QED) is 0.0249. The minimum absolute atomic E-state index is 0.00912. The number of H-pyrrole nitrogens is 2. The van der Waals surface area contributed by atoms with Crippen LogP contribution in [-0.4, -0.2) is 176 Å². The van der Waals surface area contributed by atoms with Crippen molar-refractivity contribution in [3.05, 3.63) is 62.4 Å². The second kappa shape index (κ2) is 22.2. The summed E-state index contributed by atoms with van der Waals surface area (Å²) in [7, 11) is -17.2. The van der Waals surface area contributed by atoms with E-state index in [2.05, 4.69) is 33.5 Å². The molecule has 3 aliphatic heterocycles. The fraction of sp³-hybridized carbons (Fsp3) is 0.583. The number of rotatable bonds is 21. The van der Waals surface area contributed by atoms with Gasteiger partial charge in [-0.2, -0.15) is 18.2 Å². The summed E-state index contributed by atoms with van der Waals surface area (Å²) in [4.78, 5) is 118. The highest BCUT2D eigenvalue weighted by molar-refractivity contribution is 7.66. The molecule has 3 aliphatic rings. The molecular weight excluding hydrogens is 1120 g/mol. The second-order valence-electron chi connectivity index (χ2n) is 17.6. The van der Waals surface area contributed by atoms with Gasteiger partial charge in [0.05, 0.1) is 51.1 Å². The lowest BCUT2D eigenvalue weighted by atomic mass is 9.94. The van der Waals surface area contributed by atoms with E-state index in [1.165, 1.54) is 41.5 Å². The van der Waals surface area contributed by atoms with Crippen molar-refractivity contribution in [1.82, 2.24) is 48.5 Å². The molecule has 37 nitrogen and oxygen atoms in total. The number of nitrogen functional groups attached to an aromatic ring is 2. The summed E-state index contributed by atoms with van der Waals surface area (Å²) in [6.45, 7) is -3.38. The topological polar surface area (TPSA) is 510 Å². The molecule has 5 unspecified atom stereocenters. The molecule has 0 aliphatic carbocycles. The monoisotopic (exact) mass is 1170 g/mol. The molecule has 5 aromatic rings. The van der Waals surface area contributed by atoms with E-state index < -0.39 is 153 Å². The molecule has 0 bridgehead atoms. The molecule has 3 saturated heterocycles. The number of carbonyl (C=O) groups excluding carboxylic acids is 1. The summed E-state index contributed by atoms with van der Waals surface area (Å²) in [5.41, 5.74) is 7.17. The summed E-state index contributed by atoms with van der Waals surface area (Å²) in [5.74, 6) is -2.21. The number of phosphoric acid groups is 3. The molecule has 77 heavy (non-hydrogen) atoms. The minimum Gasteiger partial charge on any atom is -0.778 e. The molecule has 11 N–H and O–H groups in total. The number of imidazole rings is 2. The number of aliphatic hydroxyl groups excluding tert-OH is 2. The first kappa shape index (κ1) is 58.1. The van der Waals surface area contributed by atoms with Crippen LogP contribution < -0.4 is 37.7 Å². The number of hydrogen-bond donors (Lipinski definition) is 9. The SMILES string of the molecule is CO[C@@H]1[C@H](O)[C@@H](COP(=O)([O-])[C@H]2[C@@H](OC)[C@H](n3cnc4c(N)ncnc43)O[C@@H]2COP(=O)(O)OP(=O)(O)OP(=O)(O)OC[C@H]2OC(n3c[n+](C)c4c(=O)[nH]c(N)nc43)[C@H](O)[C@@H]2CC(=O)N(C)C)O[C@H]1n1ccc(=O)[nH]c1=O. The zero-order chi connectivity index (χ0) is 56.3. The molecule has 0 aromatic carbocycles. The summed E-state index contributed by atoms with van der Waals surface area (Å²) in [5, 5.41) is 22.6. The number of anilines is 2. The molecule has 41 heteroatoms. The first-order chi connectivity index (χ1) is 36.1. The van der Waals surface area contributed by atoms with Crippen LogP contribution in [0.1, 0.15) is 25.1 Å². The number of methoxy groups -OCH3 is 2. The van der Waals surface area contributed by atoms with Gasteiger partial charge in [-0.3, -0.25) is 42.5 Å². The van der Waals surface area contributed by atoms with E-state index in [-0.39, 0.29) is 34.1 Å². The number of fused-ring (bicyclic) bond motifs is 2. The number of hydrogen-bond acceptors (Lipinski definition) is 27. The zero-order valence-electron chi connectivity index (χ0n) is 40.6. The van der Waals surface area contributed by atoms with E-state index >= 15 is 0 Å². The van der Waals surface area contributed by atoms with Crippen LogP contribution in [0.25, 0.3) is 22.3 Å². The number of amides is 1. The van der Waals surface area contributed by atoms with Gasteiger partial charge in [-0.1, -0.05) is 0 Å². The van der Waals surface area contributed by atoms with Gasteiger partial charge < -0.3 is 78.9 Å². The number of ether oxygens (including phenoxy) is 5. The Morgan fingerprint density at radius 1 is 0.805 bits per heavy atom. The van der Waals surface area contributed by atoms with Crippen molar-refractivity contribution >= 4 is 71.1 Å². The van der Waals surface area contributed by atoms with Crippen LogP contribution >= 0.6 is 31.1 Å². The van der Waals surface area contributed by atoms with Crippen molar-refractivity contribution in [2.75, 3.05) is 59.6 Å². The third-order valence-electron chi connectivity index (χ3n) is 12.5. The predicted octanol–water partition coefficient (Wildman–Crippen LogP) is -4.05. The van der Waals surface area contributed by atoms with Gasteiger partial charge in [-0.25, -0.2) is 38.0 Å². The maximum atomic E-state index is 14.3. The molecule has 0 saturated carbocycles. The molecule has 0 spiro atoms. The van der Waals surface area contributed by atoms with E-state index in [1.54, 1.807) is 0 Å². The Balaban J connectivity index is 0.973. The largest absolute Gasteiger partial charge is 0.778 e. The minimum atomic E-state index is -6.25. The number of carbonyl (C=O) groups is 1. The first-order valence-corrected chi connectivity index (χ1v) is 28.4. The number of nitrogens with one attached hydrogen (secondary N) is 2. The molecule has 8 rings (SSSR count). The average Bonchev–Trinajstić information content (AvgIpc) is 4.15. The highest BCUT2D eigenvalue weighted by atomic mass is 31.3. The van der Waals surface area contributed by atoms with Crippen LogP contribution in [-0.2, 0) is 76.0 Å². The Morgan fingerprint density at radius 2 is 1.42 bits per heavy atom. The fourth-order valence-electron chi connectivity index (χ4n) is 8.94. The first-order valence-electron chi connectivity index (χ1n) is 22.3. The van der Waals surface area contributed by atoms with Gasteiger partial charge >= 0.3 is 34.7 Å². The van der Waals surface area contributed by atoms with Crippen LogP contribution in [0, 0.1) is 5.92 Å². The number of aryl methyl sites for hydroxylation is 1. The van der Waals surface area contributed by atoms with Crippen LogP contribution in [0.15, 0.2) is 45.6 Å². The highest BCUT2D eigenvalue weighted by Gasteiger charge is 2.55. The summed E-state index contributed by atoms with van der Waals surface area (Å²) >= 11 is 0. The summed E-state index contributed by atoms with van der Waals surface area (Å²) < 4.78 is 111. The van der Waals surface area contributed by atoms with Gasteiger partial charge in [0.25, 0.3) is 16.7 Å². The summed E-state index contributed by atoms with van der Waals surface area (Å²) in [6.07, 6.45) is -11.6. The van der Waals surface area contributed by atoms with Crippen molar-refractivity contribution in [2.24, 2.45) is 13.0 Å². The van der Waals surface area contributed by atoms with E-state index in [0.717, 1.165) is 48.3 Å². The number of aliphatic hydroxyl groups is 2. The smallest absolute Gasteiger partial charge is 0.490 e. The highest BCUT2D eigenvalue weighted by Crippen LogP contribution is 2.68. The second-order valence-corrected chi connectivity index (χ2v) is 24.1. The van der Waals surface area contributed by atoms with Crippen molar-refractivity contribution in [1.29, 1.82) is 0 Å². The Labute approximate surface area is 430 Å². The number of phosphoric ester groups is 2. The summed E-state index contributed by atoms with van der Waals surface area (Å²) in [6, 6.07) is 0.981. The Kier molecular flexibility index (Phi) is 16.8. The van der Waals surface area contributed by atoms with E-state index in [9.17, 15) is 67.2 Å². The molecule has 0 radical (unpaired) electrons. The maximum absolute atomic E-state index is 14.3. The third kappa shape index (κ3) is 12.1.